The summed E-state index contributed by atoms with van der Waals surface area (Å²) in [6.45, 7) is 0.958. The normalized spacial score (nSPS) is 29.1. The van der Waals surface area contributed by atoms with E-state index in [1.54, 1.807) is 0 Å². The molecule has 20 heavy (non-hydrogen) atoms. The van der Waals surface area contributed by atoms with Crippen LogP contribution in [0.5, 0.6) is 0 Å². The Kier molecular flexibility index (Phi) is 3.50. The molecule has 1 saturated heterocycles. The van der Waals surface area contributed by atoms with Crippen LogP contribution in [0.25, 0.3) is 0 Å². The van der Waals surface area contributed by atoms with Crippen molar-refractivity contribution in [1.82, 2.24) is 4.90 Å². The maximum absolute atomic E-state index is 13.1. The second-order valence-electron chi connectivity index (χ2n) is 5.85. The predicted molar refractivity (Wildman–Crippen MR) is 63.9 cm³/mol. The molecular weight excluding hydrogens is 275 g/mol. The number of halogens is 3. The predicted octanol–water partition coefficient (Wildman–Crippen LogP) is 2.43. The molecule has 114 valence electrons. The van der Waals surface area contributed by atoms with Crippen LogP contribution in [0.3, 0.4) is 0 Å². The van der Waals surface area contributed by atoms with Crippen LogP contribution in [0.2, 0.25) is 0 Å². The first-order chi connectivity index (χ1) is 9.18. The molecule has 1 saturated carbocycles. The molecule has 1 aliphatic heterocycles. The maximum atomic E-state index is 13.1. The molecule has 0 aromatic heterocycles. The van der Waals surface area contributed by atoms with Gasteiger partial charge in [0.15, 0.2) is 5.41 Å². The lowest BCUT2D eigenvalue weighted by molar-refractivity contribution is -0.227. The second-order valence-corrected chi connectivity index (χ2v) is 5.85. The van der Waals surface area contributed by atoms with E-state index in [1.807, 2.05) is 6.92 Å². The Morgan fingerprint density at radius 3 is 2.15 bits per heavy atom. The van der Waals surface area contributed by atoms with Gasteiger partial charge in [-0.3, -0.25) is 9.59 Å². The van der Waals surface area contributed by atoms with Gasteiger partial charge < -0.3 is 10.0 Å². The zero-order valence-electron chi connectivity index (χ0n) is 11.3. The molecule has 1 atom stereocenters. The summed E-state index contributed by atoms with van der Waals surface area (Å²) in [5.41, 5.74) is -3.36. The SMILES string of the molecule is CCC1(C(=O)N2CCC(C(=O)O)(C(F)(F)F)C2)CCC1. The van der Waals surface area contributed by atoms with Gasteiger partial charge in [0.1, 0.15) is 0 Å². The number of nitrogens with zero attached hydrogens (tertiary/aromatic N) is 1. The molecule has 1 aliphatic carbocycles. The van der Waals surface area contributed by atoms with Gasteiger partial charge in [-0.15, -0.1) is 0 Å². The summed E-state index contributed by atoms with van der Waals surface area (Å²) in [5, 5.41) is 8.97. The first kappa shape index (κ1) is 15.1. The van der Waals surface area contributed by atoms with E-state index in [0.717, 1.165) is 11.3 Å². The van der Waals surface area contributed by atoms with Crippen LogP contribution in [0, 0.1) is 10.8 Å². The molecule has 1 amide bonds. The Balaban J connectivity index is 2.19. The van der Waals surface area contributed by atoms with Crippen LogP contribution < -0.4 is 0 Å². The number of hydrogen-bond acceptors (Lipinski definition) is 2. The van der Waals surface area contributed by atoms with E-state index in [-0.39, 0.29) is 12.5 Å². The number of likely N-dealkylation sites (tertiary alicyclic amines) is 1. The first-order valence-corrected chi connectivity index (χ1v) is 6.78. The minimum absolute atomic E-state index is 0.133. The number of alkyl halides is 3. The monoisotopic (exact) mass is 293 g/mol. The molecule has 2 rings (SSSR count). The van der Waals surface area contributed by atoms with Gasteiger partial charge in [0, 0.05) is 18.5 Å². The Hall–Kier alpha value is -1.27. The maximum Gasteiger partial charge on any atom is 0.406 e. The highest BCUT2D eigenvalue weighted by Gasteiger charge is 2.65. The molecule has 2 aliphatic rings. The van der Waals surface area contributed by atoms with E-state index >= 15 is 0 Å². The summed E-state index contributed by atoms with van der Waals surface area (Å²) in [6, 6.07) is 0. The summed E-state index contributed by atoms with van der Waals surface area (Å²) in [4.78, 5) is 24.6. The smallest absolute Gasteiger partial charge is 0.406 e. The van der Waals surface area contributed by atoms with Crippen LogP contribution in [-0.2, 0) is 9.59 Å². The van der Waals surface area contributed by atoms with E-state index in [9.17, 15) is 22.8 Å². The van der Waals surface area contributed by atoms with Gasteiger partial charge >= 0.3 is 12.1 Å². The van der Waals surface area contributed by atoms with Gasteiger partial charge in [0.2, 0.25) is 5.91 Å². The number of carbonyl (C=O) groups excluding carboxylic acids is 1. The van der Waals surface area contributed by atoms with Crippen LogP contribution in [0.15, 0.2) is 0 Å². The fourth-order valence-electron chi connectivity index (χ4n) is 3.17. The van der Waals surface area contributed by atoms with E-state index in [2.05, 4.69) is 0 Å². The minimum atomic E-state index is -4.84. The van der Waals surface area contributed by atoms with E-state index in [1.165, 1.54) is 0 Å². The lowest BCUT2D eigenvalue weighted by atomic mass is 9.66. The minimum Gasteiger partial charge on any atom is -0.481 e. The largest absolute Gasteiger partial charge is 0.481 e. The van der Waals surface area contributed by atoms with Crippen molar-refractivity contribution in [2.24, 2.45) is 10.8 Å². The van der Waals surface area contributed by atoms with Crippen molar-refractivity contribution in [2.45, 2.75) is 45.2 Å². The summed E-state index contributed by atoms with van der Waals surface area (Å²) in [6.07, 6.45) is -2.54. The van der Waals surface area contributed by atoms with Crippen molar-refractivity contribution < 1.29 is 27.9 Å². The van der Waals surface area contributed by atoms with Crippen molar-refractivity contribution >= 4 is 11.9 Å². The second kappa shape index (κ2) is 4.63. The van der Waals surface area contributed by atoms with Crippen LogP contribution in [0.4, 0.5) is 13.2 Å². The third-order valence-electron chi connectivity index (χ3n) is 4.95. The third kappa shape index (κ3) is 1.98. The highest BCUT2D eigenvalue weighted by molar-refractivity contribution is 5.86. The molecule has 0 aromatic rings. The Morgan fingerprint density at radius 2 is 1.85 bits per heavy atom. The quantitative estimate of drug-likeness (QED) is 0.869. The van der Waals surface area contributed by atoms with E-state index in [0.29, 0.717) is 19.3 Å². The van der Waals surface area contributed by atoms with E-state index < -0.39 is 35.9 Å². The summed E-state index contributed by atoms with van der Waals surface area (Å²) < 4.78 is 39.2. The summed E-state index contributed by atoms with van der Waals surface area (Å²) in [7, 11) is 0. The molecule has 1 heterocycles. The Morgan fingerprint density at radius 1 is 1.25 bits per heavy atom. The fraction of sp³-hybridized carbons (Fsp3) is 0.846. The topological polar surface area (TPSA) is 57.6 Å². The number of carbonyl (C=O) groups is 2. The van der Waals surface area contributed by atoms with E-state index in [4.69, 9.17) is 5.11 Å². The lowest BCUT2D eigenvalue weighted by Crippen LogP contribution is -2.51. The molecule has 1 unspecified atom stereocenters. The average Bonchev–Trinajstić information content (AvgIpc) is 2.73. The number of carboxylic acids is 1. The van der Waals surface area contributed by atoms with Gasteiger partial charge in [-0.05, 0) is 25.7 Å². The molecule has 2 fully saturated rings. The fourth-order valence-corrected chi connectivity index (χ4v) is 3.17. The highest BCUT2D eigenvalue weighted by Crippen LogP contribution is 2.50. The van der Waals surface area contributed by atoms with Crippen LogP contribution in [-0.4, -0.2) is 41.1 Å². The van der Waals surface area contributed by atoms with Gasteiger partial charge in [0.05, 0.1) is 0 Å². The zero-order chi connectivity index (χ0) is 15.2. The number of carboxylic acid groups (broad SMARTS) is 1. The third-order valence-corrected chi connectivity index (χ3v) is 4.95. The first-order valence-electron chi connectivity index (χ1n) is 6.78. The van der Waals surface area contributed by atoms with Crippen molar-refractivity contribution in [3.63, 3.8) is 0 Å². The highest BCUT2D eigenvalue weighted by atomic mass is 19.4. The average molecular weight is 293 g/mol. The number of aliphatic carboxylic acids is 1. The van der Waals surface area contributed by atoms with Gasteiger partial charge in [-0.25, -0.2) is 0 Å². The van der Waals surface area contributed by atoms with Gasteiger partial charge in [-0.1, -0.05) is 13.3 Å². The number of hydrogen-bond donors (Lipinski definition) is 1. The number of amides is 1. The number of rotatable bonds is 3. The Bertz CT molecular complexity index is 426. The molecule has 1 N–H and O–H groups in total. The van der Waals surface area contributed by atoms with Crippen molar-refractivity contribution in [1.29, 1.82) is 0 Å². The van der Waals surface area contributed by atoms with Crippen molar-refractivity contribution in [3.05, 3.63) is 0 Å². The molecule has 0 radical (unpaired) electrons. The van der Waals surface area contributed by atoms with Crippen LogP contribution in [0.1, 0.15) is 39.0 Å². The summed E-state index contributed by atoms with van der Waals surface area (Å²) >= 11 is 0. The Labute approximate surface area is 114 Å². The van der Waals surface area contributed by atoms with Gasteiger partial charge in [-0.2, -0.15) is 13.2 Å². The molecular formula is C13H18F3NO3. The van der Waals surface area contributed by atoms with Crippen LogP contribution >= 0.6 is 0 Å². The summed E-state index contributed by atoms with van der Waals surface area (Å²) in [5.74, 6) is -2.20. The lowest BCUT2D eigenvalue weighted by Gasteiger charge is -2.42. The van der Waals surface area contributed by atoms with Crippen molar-refractivity contribution in [3.8, 4) is 0 Å². The molecule has 0 spiro atoms. The molecule has 0 aromatic carbocycles. The molecule has 7 heteroatoms. The molecule has 0 bridgehead atoms. The zero-order valence-corrected chi connectivity index (χ0v) is 11.3. The molecule has 4 nitrogen and oxygen atoms in total. The standard InChI is InChI=1S/C13H18F3NO3/c1-2-11(4-3-5-11)9(18)17-7-6-12(8-17,10(19)20)13(14,15)16/h2-8H2,1H3,(H,19,20). The van der Waals surface area contributed by atoms with Crippen molar-refractivity contribution in [2.75, 3.05) is 13.1 Å². The van der Waals surface area contributed by atoms with Gasteiger partial charge in [0.25, 0.3) is 0 Å².